The molecule has 0 saturated heterocycles. The Morgan fingerprint density at radius 2 is 1.76 bits per heavy atom. The third-order valence-electron chi connectivity index (χ3n) is 2.64. The minimum absolute atomic E-state index is 0.0490. The minimum Gasteiger partial charge on any atom is -0.350 e. The first kappa shape index (κ1) is 17.6. The van der Waals surface area contributed by atoms with E-state index in [0.29, 0.717) is 13.0 Å². The first-order chi connectivity index (χ1) is 9.58. The Morgan fingerprint density at radius 3 is 2.24 bits per heavy atom. The molecule has 1 amide bonds. The van der Waals surface area contributed by atoms with Crippen molar-refractivity contribution < 1.29 is 13.2 Å². The lowest BCUT2D eigenvalue weighted by Crippen LogP contribution is -2.45. The number of amides is 1. The largest absolute Gasteiger partial charge is 0.350 e. The van der Waals surface area contributed by atoms with Crippen LogP contribution in [0.3, 0.4) is 0 Å². The summed E-state index contributed by atoms with van der Waals surface area (Å²) in [6, 6.07) is 6.40. The van der Waals surface area contributed by atoms with E-state index in [2.05, 4.69) is 10.6 Å². The van der Waals surface area contributed by atoms with Crippen molar-refractivity contribution in [1.82, 2.24) is 10.6 Å². The maximum Gasteiger partial charge on any atom is 0.238 e. The summed E-state index contributed by atoms with van der Waals surface area (Å²) in [6.45, 7) is 6.67. The lowest BCUT2D eigenvalue weighted by atomic mass is 10.1. The zero-order valence-corrected chi connectivity index (χ0v) is 13.5. The third kappa shape index (κ3) is 7.22. The predicted octanol–water partition coefficient (Wildman–Crippen LogP) is 0.381. The summed E-state index contributed by atoms with van der Waals surface area (Å²) in [7, 11) is -3.64. The van der Waals surface area contributed by atoms with E-state index in [0.717, 1.165) is 5.56 Å². The average molecular weight is 313 g/mol. The first-order valence-corrected chi connectivity index (χ1v) is 8.26. The predicted molar refractivity (Wildman–Crippen MR) is 82.3 cm³/mol. The van der Waals surface area contributed by atoms with Gasteiger partial charge in [-0.1, -0.05) is 12.1 Å². The van der Waals surface area contributed by atoms with Gasteiger partial charge in [0.2, 0.25) is 15.9 Å². The molecule has 4 N–H and O–H groups in total. The SMILES string of the molecule is CC(C)(C)NC(=O)CNCCc1ccc(S(N)(=O)=O)cc1. The summed E-state index contributed by atoms with van der Waals surface area (Å²) in [5.41, 5.74) is 0.744. The van der Waals surface area contributed by atoms with Crippen molar-refractivity contribution in [3.8, 4) is 0 Å². The Morgan fingerprint density at radius 1 is 1.19 bits per heavy atom. The van der Waals surface area contributed by atoms with E-state index >= 15 is 0 Å². The molecule has 6 nitrogen and oxygen atoms in total. The summed E-state index contributed by atoms with van der Waals surface area (Å²) in [5.74, 6) is -0.0490. The average Bonchev–Trinajstić information content (AvgIpc) is 2.32. The van der Waals surface area contributed by atoms with Gasteiger partial charge in [0, 0.05) is 5.54 Å². The van der Waals surface area contributed by atoms with E-state index in [1.165, 1.54) is 12.1 Å². The second-order valence-electron chi connectivity index (χ2n) is 5.91. The van der Waals surface area contributed by atoms with Gasteiger partial charge in [-0.25, -0.2) is 13.6 Å². The van der Waals surface area contributed by atoms with Crippen molar-refractivity contribution >= 4 is 15.9 Å². The molecular formula is C14H23N3O3S. The molecule has 7 heteroatoms. The fourth-order valence-corrected chi connectivity index (χ4v) is 2.26. The van der Waals surface area contributed by atoms with E-state index in [-0.39, 0.29) is 22.9 Å². The van der Waals surface area contributed by atoms with Crippen LogP contribution in [0.2, 0.25) is 0 Å². The number of nitrogens with two attached hydrogens (primary N) is 1. The number of hydrogen-bond acceptors (Lipinski definition) is 4. The highest BCUT2D eigenvalue weighted by atomic mass is 32.2. The highest BCUT2D eigenvalue weighted by molar-refractivity contribution is 7.89. The van der Waals surface area contributed by atoms with Gasteiger partial charge in [-0.15, -0.1) is 0 Å². The number of benzene rings is 1. The van der Waals surface area contributed by atoms with Gasteiger partial charge < -0.3 is 10.6 Å². The third-order valence-corrected chi connectivity index (χ3v) is 3.57. The maximum atomic E-state index is 11.6. The van der Waals surface area contributed by atoms with Gasteiger partial charge in [0.05, 0.1) is 11.4 Å². The maximum absolute atomic E-state index is 11.6. The van der Waals surface area contributed by atoms with E-state index in [1.54, 1.807) is 12.1 Å². The van der Waals surface area contributed by atoms with Gasteiger partial charge in [0.1, 0.15) is 0 Å². The normalized spacial score (nSPS) is 12.2. The monoisotopic (exact) mass is 313 g/mol. The zero-order chi connectivity index (χ0) is 16.1. The summed E-state index contributed by atoms with van der Waals surface area (Å²) in [6.07, 6.45) is 0.702. The lowest BCUT2D eigenvalue weighted by molar-refractivity contribution is -0.121. The molecule has 0 bridgehead atoms. The molecule has 0 spiro atoms. The second kappa shape index (κ2) is 7.02. The van der Waals surface area contributed by atoms with Crippen molar-refractivity contribution in [2.75, 3.05) is 13.1 Å². The molecule has 0 heterocycles. The molecule has 1 aromatic rings. The van der Waals surface area contributed by atoms with Crippen molar-refractivity contribution in [3.63, 3.8) is 0 Å². The molecule has 0 aliphatic rings. The number of sulfonamides is 1. The molecule has 0 radical (unpaired) electrons. The molecule has 0 saturated carbocycles. The number of hydrogen-bond donors (Lipinski definition) is 3. The van der Waals surface area contributed by atoms with Crippen LogP contribution < -0.4 is 15.8 Å². The number of carbonyl (C=O) groups is 1. The van der Waals surface area contributed by atoms with Crippen LogP contribution in [-0.4, -0.2) is 33.0 Å². The minimum atomic E-state index is -3.64. The van der Waals surface area contributed by atoms with Crippen LogP contribution in [0.15, 0.2) is 29.2 Å². The van der Waals surface area contributed by atoms with Gasteiger partial charge in [-0.05, 0) is 51.4 Å². The van der Waals surface area contributed by atoms with Crippen LogP contribution in [0.25, 0.3) is 0 Å². The second-order valence-corrected chi connectivity index (χ2v) is 7.48. The van der Waals surface area contributed by atoms with E-state index in [4.69, 9.17) is 5.14 Å². The van der Waals surface area contributed by atoms with Crippen LogP contribution in [-0.2, 0) is 21.2 Å². The molecule has 0 fully saturated rings. The molecule has 0 aromatic heterocycles. The Hall–Kier alpha value is -1.44. The summed E-state index contributed by atoms with van der Waals surface area (Å²) >= 11 is 0. The van der Waals surface area contributed by atoms with Crippen molar-refractivity contribution in [1.29, 1.82) is 0 Å². The summed E-state index contributed by atoms with van der Waals surface area (Å²) in [5, 5.41) is 10.9. The molecule has 1 rings (SSSR count). The highest BCUT2D eigenvalue weighted by Crippen LogP contribution is 2.08. The molecule has 0 unspecified atom stereocenters. The van der Waals surface area contributed by atoms with E-state index in [1.807, 2.05) is 20.8 Å². The Labute approximate surface area is 126 Å². The van der Waals surface area contributed by atoms with E-state index < -0.39 is 10.0 Å². The molecular weight excluding hydrogens is 290 g/mol. The van der Waals surface area contributed by atoms with Crippen LogP contribution in [0.5, 0.6) is 0 Å². The van der Waals surface area contributed by atoms with E-state index in [9.17, 15) is 13.2 Å². The van der Waals surface area contributed by atoms with Crippen molar-refractivity contribution in [2.24, 2.45) is 5.14 Å². The van der Waals surface area contributed by atoms with Crippen LogP contribution in [0.1, 0.15) is 26.3 Å². The molecule has 21 heavy (non-hydrogen) atoms. The topological polar surface area (TPSA) is 101 Å². The fourth-order valence-electron chi connectivity index (χ4n) is 1.74. The van der Waals surface area contributed by atoms with Gasteiger partial charge in [-0.2, -0.15) is 0 Å². The number of primary sulfonamides is 1. The summed E-state index contributed by atoms with van der Waals surface area (Å²) < 4.78 is 22.2. The number of nitrogens with one attached hydrogen (secondary N) is 2. The molecule has 0 aliphatic carbocycles. The van der Waals surface area contributed by atoms with Gasteiger partial charge in [-0.3, -0.25) is 4.79 Å². The van der Waals surface area contributed by atoms with Crippen molar-refractivity contribution in [2.45, 2.75) is 37.6 Å². The van der Waals surface area contributed by atoms with Crippen LogP contribution in [0, 0.1) is 0 Å². The number of carbonyl (C=O) groups excluding carboxylic acids is 1. The highest BCUT2D eigenvalue weighted by Gasteiger charge is 2.12. The Kier molecular flexibility index (Phi) is 5.88. The quantitative estimate of drug-likeness (QED) is 0.661. The standard InChI is InChI=1S/C14H23N3O3S/c1-14(2,3)17-13(18)10-16-9-8-11-4-6-12(7-5-11)21(15,19)20/h4-7,16H,8-10H2,1-3H3,(H,17,18)(H2,15,19,20). The smallest absolute Gasteiger partial charge is 0.238 e. The molecule has 1 aromatic carbocycles. The number of rotatable bonds is 6. The summed E-state index contributed by atoms with van der Waals surface area (Å²) in [4.78, 5) is 11.7. The molecule has 0 aliphatic heterocycles. The van der Waals surface area contributed by atoms with Gasteiger partial charge in [0.25, 0.3) is 0 Å². The van der Waals surface area contributed by atoms with Crippen LogP contribution in [0.4, 0.5) is 0 Å². The zero-order valence-electron chi connectivity index (χ0n) is 12.6. The Balaban J connectivity index is 2.35. The molecule has 0 atom stereocenters. The molecule has 118 valence electrons. The van der Waals surface area contributed by atoms with Crippen LogP contribution >= 0.6 is 0 Å². The van der Waals surface area contributed by atoms with Gasteiger partial charge >= 0.3 is 0 Å². The Bertz CT molecular complexity index is 574. The fraction of sp³-hybridized carbons (Fsp3) is 0.500. The van der Waals surface area contributed by atoms with Gasteiger partial charge in [0.15, 0.2) is 0 Å². The first-order valence-electron chi connectivity index (χ1n) is 6.71. The van der Waals surface area contributed by atoms with Crippen molar-refractivity contribution in [3.05, 3.63) is 29.8 Å². The lowest BCUT2D eigenvalue weighted by Gasteiger charge is -2.20.